The fourth-order valence-corrected chi connectivity index (χ4v) is 1.60. The van der Waals surface area contributed by atoms with Crippen LogP contribution in [0.1, 0.15) is 26.2 Å². The van der Waals surface area contributed by atoms with Crippen molar-refractivity contribution in [2.75, 3.05) is 6.54 Å². The number of carbonyl (C=O) groups is 4. The van der Waals surface area contributed by atoms with Gasteiger partial charge in [-0.25, -0.2) is 0 Å². The van der Waals surface area contributed by atoms with Crippen LogP contribution in [0.15, 0.2) is 12.7 Å². The van der Waals surface area contributed by atoms with E-state index in [2.05, 4.69) is 17.2 Å². The lowest BCUT2D eigenvalue weighted by molar-refractivity contribution is -0.145. The van der Waals surface area contributed by atoms with Crippen molar-refractivity contribution in [2.45, 2.75) is 38.3 Å². The van der Waals surface area contributed by atoms with E-state index in [4.69, 9.17) is 10.2 Å². The zero-order valence-corrected chi connectivity index (χ0v) is 11.8. The molecule has 0 saturated carbocycles. The van der Waals surface area contributed by atoms with E-state index < -0.39 is 29.8 Å². The number of unbranched alkanes of at least 4 members (excludes halogenated alkanes) is 1. The van der Waals surface area contributed by atoms with Crippen molar-refractivity contribution in [1.29, 1.82) is 0 Å². The van der Waals surface area contributed by atoms with E-state index in [1.54, 1.807) is 0 Å². The number of hydrogen-bond acceptors (Lipinski definition) is 5. The summed E-state index contributed by atoms with van der Waals surface area (Å²) < 4.78 is 0. The molecule has 2 unspecified atom stereocenters. The molecular weight excluding hydrogens is 280 g/mol. The summed E-state index contributed by atoms with van der Waals surface area (Å²) in [7, 11) is 0. The maximum atomic E-state index is 11.1. The van der Waals surface area contributed by atoms with Gasteiger partial charge in [0.25, 0.3) is 0 Å². The average molecular weight is 300 g/mol. The molecule has 0 rings (SSSR count). The van der Waals surface area contributed by atoms with Gasteiger partial charge in [-0.1, -0.05) is 6.58 Å². The predicted octanol–water partition coefficient (Wildman–Crippen LogP) is -0.456. The van der Waals surface area contributed by atoms with Crippen molar-refractivity contribution in [2.24, 2.45) is 0 Å². The third-order valence-electron chi connectivity index (χ3n) is 2.72. The van der Waals surface area contributed by atoms with Gasteiger partial charge in [0, 0.05) is 6.54 Å². The second-order valence-electron chi connectivity index (χ2n) is 4.43. The summed E-state index contributed by atoms with van der Waals surface area (Å²) in [6.07, 6.45) is 2.26. The highest BCUT2D eigenvalue weighted by atomic mass is 16.4. The first kappa shape index (κ1) is 18.8. The van der Waals surface area contributed by atoms with E-state index in [9.17, 15) is 19.2 Å². The van der Waals surface area contributed by atoms with Crippen LogP contribution in [0, 0.1) is 0 Å². The fourth-order valence-electron chi connectivity index (χ4n) is 1.60. The maximum absolute atomic E-state index is 11.1. The van der Waals surface area contributed by atoms with E-state index in [1.165, 1.54) is 0 Å². The molecule has 4 N–H and O–H groups in total. The van der Waals surface area contributed by atoms with Crippen molar-refractivity contribution < 1.29 is 29.4 Å². The molecule has 0 bridgehead atoms. The Kier molecular flexibility index (Phi) is 8.63. The summed E-state index contributed by atoms with van der Waals surface area (Å²) >= 11 is 0. The Morgan fingerprint density at radius 1 is 1.14 bits per heavy atom. The molecule has 8 heteroatoms. The third kappa shape index (κ3) is 7.83. The van der Waals surface area contributed by atoms with Gasteiger partial charge >= 0.3 is 11.9 Å². The molecule has 0 radical (unpaired) electrons. The number of carboxylic acid groups (broad SMARTS) is 2. The topological polar surface area (TPSA) is 133 Å². The minimum Gasteiger partial charge on any atom is -0.480 e. The summed E-state index contributed by atoms with van der Waals surface area (Å²) in [6.45, 7) is 4.74. The van der Waals surface area contributed by atoms with Gasteiger partial charge in [0.1, 0.15) is 6.04 Å². The monoisotopic (exact) mass is 300 g/mol. The number of ketones is 1. The highest BCUT2D eigenvalue weighted by Gasteiger charge is 2.28. The Labute approximate surface area is 122 Å². The molecular formula is C13H20N2O6. The van der Waals surface area contributed by atoms with Crippen LogP contribution in [0.2, 0.25) is 0 Å². The molecule has 8 nitrogen and oxygen atoms in total. The van der Waals surface area contributed by atoms with E-state index in [-0.39, 0.29) is 12.3 Å². The van der Waals surface area contributed by atoms with Crippen LogP contribution in [0.4, 0.5) is 0 Å². The molecule has 0 aliphatic heterocycles. The first-order chi connectivity index (χ1) is 9.79. The number of hydrogen-bond donors (Lipinski definition) is 4. The van der Waals surface area contributed by atoms with Crippen LogP contribution in [0.5, 0.6) is 0 Å². The van der Waals surface area contributed by atoms with E-state index in [1.807, 2.05) is 0 Å². The molecule has 0 fully saturated rings. The number of Topliss-reactive ketones (excluding diaryl/α,β-unsaturated/α-hetero) is 1. The number of nitrogens with one attached hydrogen (secondary N) is 2. The largest absolute Gasteiger partial charge is 0.480 e. The molecule has 1 amide bonds. The molecule has 0 aromatic carbocycles. The van der Waals surface area contributed by atoms with Gasteiger partial charge < -0.3 is 15.5 Å². The lowest BCUT2D eigenvalue weighted by atomic mass is 10.1. The minimum absolute atomic E-state index is 0.149. The maximum Gasteiger partial charge on any atom is 0.328 e. The molecule has 0 aromatic rings. The highest BCUT2D eigenvalue weighted by molar-refractivity contribution is 6.01. The van der Waals surface area contributed by atoms with Crippen LogP contribution < -0.4 is 10.6 Å². The van der Waals surface area contributed by atoms with Gasteiger partial charge in [-0.15, -0.1) is 0 Å². The molecule has 2 atom stereocenters. The summed E-state index contributed by atoms with van der Waals surface area (Å²) in [5.41, 5.74) is 0. The van der Waals surface area contributed by atoms with Crippen LogP contribution in [0.25, 0.3) is 0 Å². The Morgan fingerprint density at radius 2 is 1.76 bits per heavy atom. The van der Waals surface area contributed by atoms with Crippen molar-refractivity contribution in [3.8, 4) is 0 Å². The van der Waals surface area contributed by atoms with E-state index in [0.717, 1.165) is 13.0 Å². The quantitative estimate of drug-likeness (QED) is 0.230. The fraction of sp³-hybridized carbons (Fsp3) is 0.538. The number of aliphatic carboxylic acids is 2. The SMILES string of the molecule is C=CC(=O)NCCCCC(NC(C(C)=O)C(=O)O)C(=O)O. The molecule has 0 saturated heterocycles. The van der Waals surface area contributed by atoms with Gasteiger partial charge in [0.15, 0.2) is 11.8 Å². The average Bonchev–Trinajstić information content (AvgIpc) is 2.39. The van der Waals surface area contributed by atoms with Gasteiger partial charge in [-0.3, -0.25) is 24.5 Å². The number of carbonyl (C=O) groups excluding carboxylic acids is 2. The van der Waals surface area contributed by atoms with Gasteiger partial charge in [-0.2, -0.15) is 0 Å². The summed E-state index contributed by atoms with van der Waals surface area (Å²) in [4.78, 5) is 43.9. The Bertz CT molecular complexity index is 407. The molecule has 0 aliphatic rings. The van der Waals surface area contributed by atoms with Gasteiger partial charge in [0.05, 0.1) is 0 Å². The second-order valence-corrected chi connectivity index (χ2v) is 4.43. The molecule has 0 heterocycles. The second kappa shape index (κ2) is 9.65. The number of carboxylic acids is 2. The molecule has 0 aromatic heterocycles. The summed E-state index contributed by atoms with van der Waals surface area (Å²) in [5, 5.41) is 22.7. The van der Waals surface area contributed by atoms with Crippen LogP contribution >= 0.6 is 0 Å². The smallest absolute Gasteiger partial charge is 0.328 e. The standard InChI is InChI=1S/C13H20N2O6/c1-3-10(17)14-7-5-4-6-9(12(18)19)15-11(8(2)16)13(20)21/h3,9,11,15H,1,4-7H2,2H3,(H,14,17)(H,18,19)(H,20,21). The summed E-state index contributed by atoms with van der Waals surface area (Å²) in [5.74, 6) is -3.61. The van der Waals surface area contributed by atoms with Crippen molar-refractivity contribution in [3.63, 3.8) is 0 Å². The highest BCUT2D eigenvalue weighted by Crippen LogP contribution is 2.03. The Hall–Kier alpha value is -2.22. The Balaban J connectivity index is 4.28. The zero-order chi connectivity index (χ0) is 16.4. The lowest BCUT2D eigenvalue weighted by Gasteiger charge is -2.18. The van der Waals surface area contributed by atoms with Gasteiger partial charge in [-0.05, 0) is 32.3 Å². The molecule has 0 spiro atoms. The summed E-state index contributed by atoms with van der Waals surface area (Å²) in [6, 6.07) is -2.67. The van der Waals surface area contributed by atoms with Gasteiger partial charge in [0.2, 0.25) is 5.91 Å². The molecule has 0 aliphatic carbocycles. The zero-order valence-electron chi connectivity index (χ0n) is 11.8. The van der Waals surface area contributed by atoms with Crippen molar-refractivity contribution in [1.82, 2.24) is 10.6 Å². The van der Waals surface area contributed by atoms with Crippen molar-refractivity contribution >= 4 is 23.6 Å². The van der Waals surface area contributed by atoms with Crippen LogP contribution in [0.3, 0.4) is 0 Å². The predicted molar refractivity (Wildman–Crippen MR) is 73.7 cm³/mol. The Morgan fingerprint density at radius 3 is 2.19 bits per heavy atom. The third-order valence-corrected chi connectivity index (χ3v) is 2.72. The van der Waals surface area contributed by atoms with Crippen molar-refractivity contribution in [3.05, 3.63) is 12.7 Å². The first-order valence-electron chi connectivity index (χ1n) is 6.42. The van der Waals surface area contributed by atoms with Crippen LogP contribution in [-0.2, 0) is 19.2 Å². The lowest BCUT2D eigenvalue weighted by Crippen LogP contribution is -2.50. The first-order valence-corrected chi connectivity index (χ1v) is 6.42. The molecule has 118 valence electrons. The number of amides is 1. The number of rotatable bonds is 11. The molecule has 21 heavy (non-hydrogen) atoms. The van der Waals surface area contributed by atoms with Crippen LogP contribution in [-0.4, -0.2) is 52.5 Å². The normalized spacial score (nSPS) is 13.0. The van der Waals surface area contributed by atoms with E-state index >= 15 is 0 Å². The minimum atomic E-state index is -1.54. The van der Waals surface area contributed by atoms with E-state index in [0.29, 0.717) is 19.4 Å².